The third kappa shape index (κ3) is 4.18. The lowest BCUT2D eigenvalue weighted by molar-refractivity contribution is -0.147. The van der Waals surface area contributed by atoms with Crippen molar-refractivity contribution in [2.24, 2.45) is 0 Å². The number of methoxy groups -OCH3 is 1. The molecule has 0 aromatic carbocycles. The number of carbonyl (C=O) groups is 1. The van der Waals surface area contributed by atoms with E-state index in [0.717, 1.165) is 0 Å². The Hall–Kier alpha value is -1.66. The van der Waals surface area contributed by atoms with Gasteiger partial charge in [-0.15, -0.1) is 0 Å². The molecule has 19 heavy (non-hydrogen) atoms. The van der Waals surface area contributed by atoms with Gasteiger partial charge in [0.15, 0.2) is 0 Å². The molecule has 1 aromatic heterocycles. The topological polar surface area (TPSA) is 88.9 Å². The monoisotopic (exact) mass is 269 g/mol. The predicted octanol–water partition coefficient (Wildman–Crippen LogP) is 0.746. The molecular formula is C13H19NO5. The summed E-state index contributed by atoms with van der Waals surface area (Å²) in [5.41, 5.74) is 0.993. The van der Waals surface area contributed by atoms with Gasteiger partial charge in [-0.3, -0.25) is 4.79 Å². The summed E-state index contributed by atoms with van der Waals surface area (Å²) in [7, 11) is 1.49. The van der Waals surface area contributed by atoms with Crippen molar-refractivity contribution in [3.05, 3.63) is 23.4 Å². The molecule has 2 N–H and O–H groups in total. The molecule has 6 heteroatoms. The fourth-order valence-electron chi connectivity index (χ4n) is 1.68. The molecule has 0 spiro atoms. The van der Waals surface area contributed by atoms with Gasteiger partial charge in [0.05, 0.1) is 26.2 Å². The van der Waals surface area contributed by atoms with Crippen LogP contribution in [-0.4, -0.2) is 41.0 Å². The number of hydrogen-bond donors (Lipinski definition) is 2. The quantitative estimate of drug-likeness (QED) is 0.741. The number of hydrogen-bond acceptors (Lipinski definition) is 6. The van der Waals surface area contributed by atoms with E-state index in [2.05, 4.69) is 4.98 Å². The van der Waals surface area contributed by atoms with Gasteiger partial charge >= 0.3 is 5.97 Å². The van der Waals surface area contributed by atoms with Gasteiger partial charge < -0.3 is 19.7 Å². The first-order valence-corrected chi connectivity index (χ1v) is 6.02. The molecule has 0 bridgehead atoms. The Morgan fingerprint density at radius 3 is 2.63 bits per heavy atom. The third-order valence-corrected chi connectivity index (χ3v) is 2.67. The molecule has 0 aliphatic rings. The second kappa shape index (κ2) is 7.06. The number of rotatable bonds is 6. The molecule has 6 nitrogen and oxygen atoms in total. The highest BCUT2D eigenvalue weighted by Gasteiger charge is 2.24. The van der Waals surface area contributed by atoms with Gasteiger partial charge in [-0.25, -0.2) is 4.98 Å². The van der Waals surface area contributed by atoms with Crippen LogP contribution in [-0.2, 0) is 9.53 Å². The second-order valence-corrected chi connectivity index (χ2v) is 4.05. The Morgan fingerprint density at radius 2 is 2.11 bits per heavy atom. The number of pyridine rings is 1. The summed E-state index contributed by atoms with van der Waals surface area (Å²) in [4.78, 5) is 15.3. The molecule has 0 aliphatic carbocycles. The summed E-state index contributed by atoms with van der Waals surface area (Å²) < 4.78 is 9.68. The van der Waals surface area contributed by atoms with Crippen LogP contribution in [0.2, 0.25) is 0 Å². The fourth-order valence-corrected chi connectivity index (χ4v) is 1.68. The fraction of sp³-hybridized carbons (Fsp3) is 0.538. The number of ether oxygens (including phenoxy) is 2. The van der Waals surface area contributed by atoms with Gasteiger partial charge in [-0.2, -0.15) is 0 Å². The van der Waals surface area contributed by atoms with Crippen molar-refractivity contribution in [1.82, 2.24) is 4.98 Å². The number of carbonyl (C=O) groups excluding carboxylic acids is 1. The lowest BCUT2D eigenvalue weighted by Crippen LogP contribution is -2.24. The van der Waals surface area contributed by atoms with Crippen LogP contribution in [0.4, 0.5) is 0 Å². The van der Waals surface area contributed by atoms with Crippen LogP contribution in [0, 0.1) is 6.92 Å². The minimum atomic E-state index is -1.23. The van der Waals surface area contributed by atoms with Crippen molar-refractivity contribution in [3.63, 3.8) is 0 Å². The maximum atomic E-state index is 11.2. The summed E-state index contributed by atoms with van der Waals surface area (Å²) >= 11 is 0. The minimum absolute atomic E-state index is 0.241. The van der Waals surface area contributed by atoms with E-state index < -0.39 is 18.2 Å². The van der Waals surface area contributed by atoms with Crippen molar-refractivity contribution < 1.29 is 24.5 Å². The van der Waals surface area contributed by atoms with Crippen LogP contribution in [0.1, 0.15) is 30.7 Å². The van der Waals surface area contributed by atoms with Crippen molar-refractivity contribution >= 4 is 5.97 Å². The zero-order valence-corrected chi connectivity index (χ0v) is 11.3. The van der Waals surface area contributed by atoms with E-state index in [4.69, 9.17) is 9.47 Å². The first kappa shape index (κ1) is 15.4. The maximum absolute atomic E-state index is 11.2. The molecule has 1 rings (SSSR count). The zero-order valence-electron chi connectivity index (χ0n) is 11.3. The highest BCUT2D eigenvalue weighted by molar-refractivity contribution is 5.70. The van der Waals surface area contributed by atoms with Gasteiger partial charge in [-0.1, -0.05) is 0 Å². The highest BCUT2D eigenvalue weighted by atomic mass is 16.5. The van der Waals surface area contributed by atoms with Crippen molar-refractivity contribution in [3.8, 4) is 5.88 Å². The lowest BCUT2D eigenvalue weighted by Gasteiger charge is -2.19. The second-order valence-electron chi connectivity index (χ2n) is 4.05. The number of aromatic nitrogens is 1. The summed E-state index contributed by atoms with van der Waals surface area (Å²) in [6, 6.07) is 3.20. The SMILES string of the molecule is CCOC(=O)CC(O)C(O)c1ccc(OC)nc1C. The zero-order chi connectivity index (χ0) is 14.4. The molecule has 106 valence electrons. The van der Waals surface area contributed by atoms with E-state index in [1.807, 2.05) is 0 Å². The standard InChI is InChI=1S/C13H19NO5/c1-4-19-12(16)7-10(15)13(17)9-5-6-11(18-3)14-8(9)2/h5-6,10,13,15,17H,4,7H2,1-3H3. The molecule has 2 unspecified atom stereocenters. The van der Waals surface area contributed by atoms with Crippen LogP contribution >= 0.6 is 0 Å². The van der Waals surface area contributed by atoms with Gasteiger partial charge in [0.25, 0.3) is 0 Å². The molecule has 1 heterocycles. The van der Waals surface area contributed by atoms with Crippen molar-refractivity contribution in [2.45, 2.75) is 32.5 Å². The normalized spacial score (nSPS) is 13.7. The first-order chi connectivity index (χ1) is 8.99. The van der Waals surface area contributed by atoms with E-state index in [1.54, 1.807) is 26.0 Å². The van der Waals surface area contributed by atoms with Crippen LogP contribution in [0.5, 0.6) is 5.88 Å². The van der Waals surface area contributed by atoms with E-state index in [1.165, 1.54) is 7.11 Å². The van der Waals surface area contributed by atoms with Gasteiger partial charge in [0.1, 0.15) is 6.10 Å². The third-order valence-electron chi connectivity index (χ3n) is 2.67. The molecule has 0 fully saturated rings. The first-order valence-electron chi connectivity index (χ1n) is 6.02. The van der Waals surface area contributed by atoms with Gasteiger partial charge in [0, 0.05) is 17.3 Å². The van der Waals surface area contributed by atoms with Crippen LogP contribution in [0.3, 0.4) is 0 Å². The molecular weight excluding hydrogens is 250 g/mol. The number of aryl methyl sites for hydroxylation is 1. The average molecular weight is 269 g/mol. The van der Waals surface area contributed by atoms with E-state index in [-0.39, 0.29) is 13.0 Å². The number of aliphatic hydroxyl groups excluding tert-OH is 2. The molecule has 0 aliphatic heterocycles. The Morgan fingerprint density at radius 1 is 1.42 bits per heavy atom. The number of nitrogens with zero attached hydrogens (tertiary/aromatic N) is 1. The summed E-state index contributed by atoms with van der Waals surface area (Å²) in [5, 5.41) is 19.8. The molecule has 0 saturated heterocycles. The average Bonchev–Trinajstić information content (AvgIpc) is 2.37. The van der Waals surface area contributed by atoms with E-state index in [0.29, 0.717) is 17.1 Å². The van der Waals surface area contributed by atoms with Crippen LogP contribution < -0.4 is 4.74 Å². The van der Waals surface area contributed by atoms with Crippen LogP contribution in [0.25, 0.3) is 0 Å². The van der Waals surface area contributed by atoms with Gasteiger partial charge in [0.2, 0.25) is 5.88 Å². The number of aliphatic hydroxyl groups is 2. The van der Waals surface area contributed by atoms with E-state index >= 15 is 0 Å². The molecule has 1 aromatic rings. The van der Waals surface area contributed by atoms with E-state index in [9.17, 15) is 15.0 Å². The summed E-state index contributed by atoms with van der Waals surface area (Å²) in [6.45, 7) is 3.61. The molecule has 0 saturated carbocycles. The summed E-state index contributed by atoms with van der Waals surface area (Å²) in [6.07, 6.45) is -2.68. The largest absolute Gasteiger partial charge is 0.481 e. The lowest BCUT2D eigenvalue weighted by atomic mass is 10.0. The Labute approximate surface area is 112 Å². The minimum Gasteiger partial charge on any atom is -0.481 e. The Bertz CT molecular complexity index is 435. The Balaban J connectivity index is 2.76. The highest BCUT2D eigenvalue weighted by Crippen LogP contribution is 2.23. The maximum Gasteiger partial charge on any atom is 0.308 e. The smallest absolute Gasteiger partial charge is 0.308 e. The number of esters is 1. The molecule has 0 amide bonds. The summed E-state index contributed by atoms with van der Waals surface area (Å²) in [5.74, 6) is -0.124. The van der Waals surface area contributed by atoms with Crippen LogP contribution in [0.15, 0.2) is 12.1 Å². The molecule has 0 radical (unpaired) electrons. The Kier molecular flexibility index (Phi) is 5.72. The molecule has 2 atom stereocenters. The predicted molar refractivity (Wildman–Crippen MR) is 67.7 cm³/mol. The van der Waals surface area contributed by atoms with Crippen molar-refractivity contribution in [2.75, 3.05) is 13.7 Å². The van der Waals surface area contributed by atoms with Gasteiger partial charge in [-0.05, 0) is 19.9 Å². The van der Waals surface area contributed by atoms with Crippen molar-refractivity contribution in [1.29, 1.82) is 0 Å².